The molecule has 0 spiro atoms. The minimum absolute atomic E-state index is 0.0346. The van der Waals surface area contributed by atoms with Crippen molar-refractivity contribution in [3.05, 3.63) is 77.9 Å². The Hall–Kier alpha value is -2.70. The van der Waals surface area contributed by atoms with E-state index in [-0.39, 0.29) is 16.8 Å². The van der Waals surface area contributed by atoms with Gasteiger partial charge < -0.3 is 5.32 Å². The molecule has 1 amide bonds. The second-order valence-corrected chi connectivity index (χ2v) is 8.63. The van der Waals surface area contributed by atoms with E-state index in [1.165, 1.54) is 12.4 Å². The van der Waals surface area contributed by atoms with Gasteiger partial charge in [0.15, 0.2) is 0 Å². The number of hydrogen-bond donors (Lipinski definition) is 2. The van der Waals surface area contributed by atoms with Crippen LogP contribution in [0, 0.1) is 0 Å². The fraction of sp³-hybridized carbons (Fsp3) is 0.227. The Morgan fingerprint density at radius 3 is 2.32 bits per heavy atom. The molecule has 0 saturated heterocycles. The molecule has 0 aliphatic carbocycles. The highest BCUT2D eigenvalue weighted by Crippen LogP contribution is 2.20. The van der Waals surface area contributed by atoms with Crippen LogP contribution >= 0.6 is 0 Å². The monoisotopic (exact) mass is 396 g/mol. The largest absolute Gasteiger partial charge is 0.350 e. The first-order valence-corrected chi connectivity index (χ1v) is 10.7. The molecule has 2 N–H and O–H groups in total. The molecule has 0 heterocycles. The van der Waals surface area contributed by atoms with Crippen molar-refractivity contribution in [2.45, 2.75) is 30.7 Å². The van der Waals surface area contributed by atoms with E-state index in [0.717, 1.165) is 16.5 Å². The Kier molecular flexibility index (Phi) is 6.11. The standard InChI is InChI=1S/C22H24N2O3S/c1-16(19-11-10-18-5-3-4-6-20(18)15-19)24-22(25)14-9-17-7-12-21(13-8-17)28(26,27)23-2/h3-8,10-13,15-16,23H,9,14H2,1-2H3,(H,24,25). The summed E-state index contributed by atoms with van der Waals surface area (Å²) in [6.45, 7) is 1.97. The Balaban J connectivity index is 1.57. The third-order valence-electron chi connectivity index (χ3n) is 4.79. The zero-order chi connectivity index (χ0) is 20.1. The van der Waals surface area contributed by atoms with Crippen molar-refractivity contribution in [2.75, 3.05) is 7.05 Å². The molecule has 0 saturated carbocycles. The maximum atomic E-state index is 12.3. The summed E-state index contributed by atoms with van der Waals surface area (Å²) in [6, 6.07) is 20.8. The van der Waals surface area contributed by atoms with Crippen LogP contribution in [0.25, 0.3) is 10.8 Å². The van der Waals surface area contributed by atoms with Crippen LogP contribution in [-0.2, 0) is 21.2 Å². The van der Waals surface area contributed by atoms with Gasteiger partial charge in [-0.1, -0.05) is 48.5 Å². The summed E-state index contributed by atoms with van der Waals surface area (Å²) < 4.78 is 25.8. The van der Waals surface area contributed by atoms with Crippen molar-refractivity contribution in [2.24, 2.45) is 0 Å². The molecule has 3 aromatic carbocycles. The van der Waals surface area contributed by atoms with E-state index in [4.69, 9.17) is 0 Å². The third-order valence-corrected chi connectivity index (χ3v) is 6.22. The predicted octanol–water partition coefficient (Wildman–Crippen LogP) is 3.56. The lowest BCUT2D eigenvalue weighted by atomic mass is 10.0. The van der Waals surface area contributed by atoms with Crippen molar-refractivity contribution in [1.82, 2.24) is 10.0 Å². The van der Waals surface area contributed by atoms with Crippen molar-refractivity contribution < 1.29 is 13.2 Å². The van der Waals surface area contributed by atoms with Crippen LogP contribution in [-0.4, -0.2) is 21.4 Å². The van der Waals surface area contributed by atoms with Crippen LogP contribution in [0.1, 0.15) is 30.5 Å². The molecule has 0 aromatic heterocycles. The molecule has 0 bridgehead atoms. The first kappa shape index (κ1) is 20.0. The van der Waals surface area contributed by atoms with E-state index in [0.29, 0.717) is 12.8 Å². The topological polar surface area (TPSA) is 75.3 Å². The number of carbonyl (C=O) groups is 1. The molecule has 0 radical (unpaired) electrons. The van der Waals surface area contributed by atoms with Crippen molar-refractivity contribution in [1.29, 1.82) is 0 Å². The summed E-state index contributed by atoms with van der Waals surface area (Å²) in [5, 5.41) is 5.36. The zero-order valence-electron chi connectivity index (χ0n) is 16.0. The van der Waals surface area contributed by atoms with Crippen LogP contribution in [0.15, 0.2) is 71.6 Å². The molecule has 0 aliphatic rings. The molecule has 3 rings (SSSR count). The molecule has 28 heavy (non-hydrogen) atoms. The fourth-order valence-corrected chi connectivity index (χ4v) is 3.82. The highest BCUT2D eigenvalue weighted by atomic mass is 32.2. The van der Waals surface area contributed by atoms with Gasteiger partial charge in [-0.3, -0.25) is 4.79 Å². The van der Waals surface area contributed by atoms with E-state index < -0.39 is 10.0 Å². The third kappa shape index (κ3) is 4.77. The Morgan fingerprint density at radius 2 is 1.64 bits per heavy atom. The Bertz CT molecular complexity index is 1080. The van der Waals surface area contributed by atoms with Crippen LogP contribution in [0.3, 0.4) is 0 Å². The van der Waals surface area contributed by atoms with Gasteiger partial charge >= 0.3 is 0 Å². The maximum Gasteiger partial charge on any atom is 0.240 e. The fourth-order valence-electron chi connectivity index (χ4n) is 3.09. The summed E-state index contributed by atoms with van der Waals surface area (Å²) in [5.41, 5.74) is 1.98. The van der Waals surface area contributed by atoms with Crippen molar-refractivity contribution in [3.63, 3.8) is 0 Å². The molecule has 6 heteroatoms. The minimum atomic E-state index is -3.44. The van der Waals surface area contributed by atoms with E-state index in [2.05, 4.69) is 34.3 Å². The number of carbonyl (C=O) groups excluding carboxylic acids is 1. The second kappa shape index (κ2) is 8.54. The number of amides is 1. The maximum absolute atomic E-state index is 12.3. The molecular formula is C22H24N2O3S. The lowest BCUT2D eigenvalue weighted by molar-refractivity contribution is -0.121. The SMILES string of the molecule is CNS(=O)(=O)c1ccc(CCC(=O)NC(C)c2ccc3ccccc3c2)cc1. The number of rotatable bonds is 7. The number of nitrogens with one attached hydrogen (secondary N) is 2. The minimum Gasteiger partial charge on any atom is -0.350 e. The van der Waals surface area contributed by atoms with Gasteiger partial charge in [0.05, 0.1) is 10.9 Å². The molecule has 0 aliphatic heterocycles. The van der Waals surface area contributed by atoms with E-state index in [9.17, 15) is 13.2 Å². The first-order valence-electron chi connectivity index (χ1n) is 9.19. The van der Waals surface area contributed by atoms with Gasteiger partial charge in [0.25, 0.3) is 0 Å². The molecule has 0 fully saturated rings. The average molecular weight is 397 g/mol. The van der Waals surface area contributed by atoms with E-state index in [1.807, 2.05) is 25.1 Å². The number of benzene rings is 3. The Morgan fingerprint density at radius 1 is 0.964 bits per heavy atom. The quantitative estimate of drug-likeness (QED) is 0.641. The van der Waals surface area contributed by atoms with Crippen LogP contribution in [0.2, 0.25) is 0 Å². The Labute approximate surface area is 165 Å². The molecule has 1 atom stereocenters. The van der Waals surface area contributed by atoms with Gasteiger partial charge in [-0.25, -0.2) is 13.1 Å². The second-order valence-electron chi connectivity index (χ2n) is 6.75. The number of sulfonamides is 1. The molecule has 1 unspecified atom stereocenters. The summed E-state index contributed by atoms with van der Waals surface area (Å²) in [5.74, 6) is -0.0346. The summed E-state index contributed by atoms with van der Waals surface area (Å²) in [4.78, 5) is 12.5. The summed E-state index contributed by atoms with van der Waals surface area (Å²) in [6.07, 6.45) is 0.895. The molecule has 5 nitrogen and oxygen atoms in total. The van der Waals surface area contributed by atoms with Gasteiger partial charge in [-0.2, -0.15) is 0 Å². The highest BCUT2D eigenvalue weighted by Gasteiger charge is 2.12. The van der Waals surface area contributed by atoms with E-state index >= 15 is 0 Å². The average Bonchev–Trinajstić information content (AvgIpc) is 2.72. The summed E-state index contributed by atoms with van der Waals surface area (Å²) in [7, 11) is -2.06. The van der Waals surface area contributed by atoms with Crippen LogP contribution < -0.4 is 10.0 Å². The molecule has 146 valence electrons. The van der Waals surface area contributed by atoms with Gasteiger partial charge in [-0.05, 0) is 60.5 Å². The van der Waals surface area contributed by atoms with Crippen LogP contribution in [0.5, 0.6) is 0 Å². The lowest BCUT2D eigenvalue weighted by Crippen LogP contribution is -2.26. The number of hydrogen-bond acceptors (Lipinski definition) is 3. The van der Waals surface area contributed by atoms with Gasteiger partial charge in [0, 0.05) is 6.42 Å². The zero-order valence-corrected chi connectivity index (χ0v) is 16.8. The molecule has 3 aromatic rings. The first-order chi connectivity index (χ1) is 13.4. The highest BCUT2D eigenvalue weighted by molar-refractivity contribution is 7.89. The van der Waals surface area contributed by atoms with E-state index in [1.54, 1.807) is 24.3 Å². The smallest absolute Gasteiger partial charge is 0.240 e. The van der Waals surface area contributed by atoms with Gasteiger partial charge in [-0.15, -0.1) is 0 Å². The number of aryl methyl sites for hydroxylation is 1. The van der Waals surface area contributed by atoms with Gasteiger partial charge in [0.2, 0.25) is 15.9 Å². The predicted molar refractivity (Wildman–Crippen MR) is 112 cm³/mol. The summed E-state index contributed by atoms with van der Waals surface area (Å²) >= 11 is 0. The van der Waals surface area contributed by atoms with Gasteiger partial charge in [0.1, 0.15) is 0 Å². The normalized spacial score (nSPS) is 12.6. The molecular weight excluding hydrogens is 372 g/mol. The number of fused-ring (bicyclic) bond motifs is 1. The lowest BCUT2D eigenvalue weighted by Gasteiger charge is -2.15. The van der Waals surface area contributed by atoms with Crippen LogP contribution in [0.4, 0.5) is 0 Å². The van der Waals surface area contributed by atoms with Crippen molar-refractivity contribution >= 4 is 26.7 Å². The van der Waals surface area contributed by atoms with Crippen molar-refractivity contribution in [3.8, 4) is 0 Å².